The van der Waals surface area contributed by atoms with Gasteiger partial charge in [0.25, 0.3) is 5.91 Å². The summed E-state index contributed by atoms with van der Waals surface area (Å²) in [6, 6.07) is 13.6. The number of nitrogens with two attached hydrogens (primary N) is 1. The van der Waals surface area contributed by atoms with E-state index in [2.05, 4.69) is 27.5 Å². The molecule has 0 radical (unpaired) electrons. The number of benzene rings is 1. The standard InChI is InChI=1S/C21H25N5O2/c1-15-17(19-10-9-18(22)20(25-19)21(27)23-2)13-24-26(15)11-6-12-28-14-16-7-4-3-5-8-16/h3-5,7-10,13H,6,11-12,14,22H2,1-2H3,(H,23,27). The Morgan fingerprint density at radius 3 is 2.75 bits per heavy atom. The molecular formula is C21H25N5O2. The molecule has 0 atom stereocenters. The van der Waals surface area contributed by atoms with Crippen LogP contribution < -0.4 is 11.1 Å². The summed E-state index contributed by atoms with van der Waals surface area (Å²) < 4.78 is 7.66. The van der Waals surface area contributed by atoms with Crippen molar-refractivity contribution < 1.29 is 9.53 Å². The second kappa shape index (κ2) is 9.14. The number of nitrogens with zero attached hydrogens (tertiary/aromatic N) is 3. The van der Waals surface area contributed by atoms with Crippen molar-refractivity contribution in [1.82, 2.24) is 20.1 Å². The number of anilines is 1. The summed E-state index contributed by atoms with van der Waals surface area (Å²) >= 11 is 0. The molecule has 0 bridgehead atoms. The summed E-state index contributed by atoms with van der Waals surface area (Å²) in [5, 5.41) is 7.01. The molecule has 3 aromatic rings. The summed E-state index contributed by atoms with van der Waals surface area (Å²) in [5.41, 5.74) is 10.2. The van der Waals surface area contributed by atoms with E-state index in [-0.39, 0.29) is 11.6 Å². The lowest BCUT2D eigenvalue weighted by atomic mass is 10.1. The van der Waals surface area contributed by atoms with E-state index in [4.69, 9.17) is 10.5 Å². The number of aryl methyl sites for hydroxylation is 1. The molecule has 0 aliphatic rings. The van der Waals surface area contributed by atoms with Crippen molar-refractivity contribution in [2.45, 2.75) is 26.5 Å². The fourth-order valence-electron chi connectivity index (χ4n) is 2.92. The summed E-state index contributed by atoms with van der Waals surface area (Å²) in [6.07, 6.45) is 2.62. The van der Waals surface area contributed by atoms with Crippen LogP contribution in [-0.2, 0) is 17.9 Å². The van der Waals surface area contributed by atoms with Crippen molar-refractivity contribution in [3.05, 3.63) is 65.6 Å². The van der Waals surface area contributed by atoms with E-state index < -0.39 is 0 Å². The molecule has 0 spiro atoms. The van der Waals surface area contributed by atoms with Gasteiger partial charge in [-0.25, -0.2) is 4.98 Å². The molecule has 0 aliphatic heterocycles. The van der Waals surface area contributed by atoms with Gasteiger partial charge in [-0.15, -0.1) is 0 Å². The predicted molar refractivity (Wildman–Crippen MR) is 109 cm³/mol. The number of aromatic nitrogens is 3. The lowest BCUT2D eigenvalue weighted by Crippen LogP contribution is -2.21. The van der Waals surface area contributed by atoms with Gasteiger partial charge in [-0.05, 0) is 31.0 Å². The van der Waals surface area contributed by atoms with Crippen LogP contribution in [0.1, 0.15) is 28.2 Å². The minimum absolute atomic E-state index is 0.224. The molecule has 28 heavy (non-hydrogen) atoms. The van der Waals surface area contributed by atoms with Gasteiger partial charge in [-0.2, -0.15) is 5.10 Å². The maximum absolute atomic E-state index is 11.9. The van der Waals surface area contributed by atoms with E-state index in [1.54, 1.807) is 25.4 Å². The van der Waals surface area contributed by atoms with Gasteiger partial charge in [0.2, 0.25) is 0 Å². The van der Waals surface area contributed by atoms with Gasteiger partial charge in [0.05, 0.1) is 24.2 Å². The van der Waals surface area contributed by atoms with Crippen molar-refractivity contribution in [1.29, 1.82) is 0 Å². The highest BCUT2D eigenvalue weighted by atomic mass is 16.5. The topological polar surface area (TPSA) is 95.1 Å². The third kappa shape index (κ3) is 4.55. The highest BCUT2D eigenvalue weighted by Crippen LogP contribution is 2.23. The SMILES string of the molecule is CNC(=O)c1nc(-c2cnn(CCCOCc3ccccc3)c2C)ccc1N. The Bertz CT molecular complexity index is 937. The molecule has 0 saturated heterocycles. The van der Waals surface area contributed by atoms with Gasteiger partial charge in [0.15, 0.2) is 5.69 Å². The Morgan fingerprint density at radius 1 is 1.21 bits per heavy atom. The lowest BCUT2D eigenvalue weighted by molar-refractivity contribution is 0.0959. The number of ether oxygens (including phenoxy) is 1. The number of amides is 1. The number of hydrogen-bond acceptors (Lipinski definition) is 5. The van der Waals surface area contributed by atoms with Crippen molar-refractivity contribution in [2.75, 3.05) is 19.4 Å². The van der Waals surface area contributed by atoms with Crippen LogP contribution in [0.15, 0.2) is 48.7 Å². The number of nitrogen functional groups attached to an aromatic ring is 1. The van der Waals surface area contributed by atoms with Crippen molar-refractivity contribution in [2.24, 2.45) is 0 Å². The molecule has 1 amide bonds. The van der Waals surface area contributed by atoms with Crippen LogP contribution in [0, 0.1) is 6.92 Å². The molecular weight excluding hydrogens is 354 g/mol. The summed E-state index contributed by atoms with van der Waals surface area (Å²) in [4.78, 5) is 16.3. The van der Waals surface area contributed by atoms with Crippen molar-refractivity contribution in [3.63, 3.8) is 0 Å². The van der Waals surface area contributed by atoms with Gasteiger partial charge in [0.1, 0.15) is 0 Å². The third-order valence-corrected chi connectivity index (χ3v) is 4.52. The number of carbonyl (C=O) groups is 1. The monoisotopic (exact) mass is 379 g/mol. The average Bonchev–Trinajstić information content (AvgIpc) is 3.09. The van der Waals surface area contributed by atoms with Crippen LogP contribution in [0.4, 0.5) is 5.69 Å². The smallest absolute Gasteiger partial charge is 0.271 e. The molecule has 7 heteroatoms. The second-order valence-electron chi connectivity index (χ2n) is 6.47. The zero-order valence-corrected chi connectivity index (χ0v) is 16.2. The molecule has 146 valence electrons. The normalized spacial score (nSPS) is 10.8. The number of rotatable bonds is 8. The van der Waals surface area contributed by atoms with Gasteiger partial charge in [-0.3, -0.25) is 9.48 Å². The zero-order valence-electron chi connectivity index (χ0n) is 16.2. The van der Waals surface area contributed by atoms with Gasteiger partial charge >= 0.3 is 0 Å². The maximum atomic E-state index is 11.9. The van der Waals surface area contributed by atoms with Crippen LogP contribution in [0.5, 0.6) is 0 Å². The number of hydrogen-bond donors (Lipinski definition) is 2. The third-order valence-electron chi connectivity index (χ3n) is 4.52. The molecule has 2 aromatic heterocycles. The van der Waals surface area contributed by atoms with E-state index in [1.807, 2.05) is 29.8 Å². The Labute approximate surface area is 164 Å². The molecule has 2 heterocycles. The fourth-order valence-corrected chi connectivity index (χ4v) is 2.92. The van der Waals surface area contributed by atoms with E-state index in [0.717, 1.165) is 24.2 Å². The molecule has 3 rings (SSSR count). The highest BCUT2D eigenvalue weighted by Gasteiger charge is 2.15. The van der Waals surface area contributed by atoms with Crippen LogP contribution in [-0.4, -0.2) is 34.3 Å². The number of nitrogens with one attached hydrogen (secondary N) is 1. The van der Waals surface area contributed by atoms with E-state index in [0.29, 0.717) is 24.6 Å². The lowest BCUT2D eigenvalue weighted by Gasteiger charge is -2.08. The largest absolute Gasteiger partial charge is 0.397 e. The average molecular weight is 379 g/mol. The molecule has 1 aromatic carbocycles. The van der Waals surface area contributed by atoms with Crippen LogP contribution in [0.3, 0.4) is 0 Å². The Hall–Kier alpha value is -3.19. The Morgan fingerprint density at radius 2 is 2.00 bits per heavy atom. The van der Waals surface area contributed by atoms with Crippen molar-refractivity contribution >= 4 is 11.6 Å². The first kappa shape index (κ1) is 19.6. The second-order valence-corrected chi connectivity index (χ2v) is 6.47. The Balaban J connectivity index is 1.60. The summed E-state index contributed by atoms with van der Waals surface area (Å²) in [7, 11) is 1.55. The fraction of sp³-hybridized carbons (Fsp3) is 0.286. The minimum atomic E-state index is -0.306. The maximum Gasteiger partial charge on any atom is 0.271 e. The van der Waals surface area contributed by atoms with E-state index in [9.17, 15) is 4.79 Å². The van der Waals surface area contributed by atoms with Crippen LogP contribution in [0.2, 0.25) is 0 Å². The first-order valence-corrected chi connectivity index (χ1v) is 9.23. The Kier molecular flexibility index (Phi) is 6.39. The zero-order chi connectivity index (χ0) is 19.9. The quantitative estimate of drug-likeness (QED) is 0.587. The first-order valence-electron chi connectivity index (χ1n) is 9.23. The van der Waals surface area contributed by atoms with Crippen LogP contribution >= 0.6 is 0 Å². The van der Waals surface area contributed by atoms with Gasteiger partial charge < -0.3 is 15.8 Å². The first-order chi connectivity index (χ1) is 13.6. The van der Waals surface area contributed by atoms with E-state index >= 15 is 0 Å². The van der Waals surface area contributed by atoms with Crippen LogP contribution in [0.25, 0.3) is 11.3 Å². The number of carbonyl (C=O) groups excluding carboxylic acids is 1. The van der Waals surface area contributed by atoms with Gasteiger partial charge in [-0.1, -0.05) is 30.3 Å². The highest BCUT2D eigenvalue weighted by molar-refractivity contribution is 5.97. The summed E-state index contributed by atoms with van der Waals surface area (Å²) in [5.74, 6) is -0.306. The number of pyridine rings is 1. The molecule has 0 saturated carbocycles. The molecule has 0 unspecified atom stereocenters. The van der Waals surface area contributed by atoms with E-state index in [1.165, 1.54) is 5.56 Å². The molecule has 0 fully saturated rings. The van der Waals surface area contributed by atoms with Gasteiger partial charge in [0, 0.05) is 31.5 Å². The summed E-state index contributed by atoms with van der Waals surface area (Å²) in [6.45, 7) is 4.01. The molecule has 3 N–H and O–H groups in total. The predicted octanol–water partition coefficient (Wildman–Crippen LogP) is 2.80. The molecule has 0 aliphatic carbocycles. The van der Waals surface area contributed by atoms with Crippen molar-refractivity contribution in [3.8, 4) is 11.3 Å². The molecule has 7 nitrogen and oxygen atoms in total. The minimum Gasteiger partial charge on any atom is -0.397 e.